The molecule has 21 heavy (non-hydrogen) atoms. The van der Waals surface area contributed by atoms with Crippen LogP contribution in [0.2, 0.25) is 0 Å². The topological polar surface area (TPSA) is 90.5 Å². The van der Waals surface area contributed by atoms with Gasteiger partial charge in [-0.2, -0.15) is 5.10 Å². The minimum atomic E-state index is -0.239. The summed E-state index contributed by atoms with van der Waals surface area (Å²) in [5.74, 6) is -0.239. The fraction of sp³-hybridized carbons (Fsp3) is 0.154. The fourth-order valence-corrected chi connectivity index (χ4v) is 1.83. The Kier molecular flexibility index (Phi) is 3.42. The summed E-state index contributed by atoms with van der Waals surface area (Å²) in [5.41, 5.74) is 1.89. The van der Waals surface area contributed by atoms with E-state index in [2.05, 4.69) is 25.9 Å². The van der Waals surface area contributed by atoms with Crippen molar-refractivity contribution in [3.63, 3.8) is 0 Å². The summed E-state index contributed by atoms with van der Waals surface area (Å²) in [6.07, 6.45) is 3.28. The Hall–Kier alpha value is -3.03. The molecular weight excluding hydrogens is 270 g/mol. The van der Waals surface area contributed by atoms with E-state index < -0.39 is 0 Å². The fourth-order valence-electron chi connectivity index (χ4n) is 1.83. The average molecular weight is 283 g/mol. The van der Waals surface area contributed by atoms with Crippen molar-refractivity contribution in [2.24, 2.45) is 0 Å². The first kappa shape index (κ1) is 13.0. The number of aryl methyl sites for hydroxylation is 1. The Morgan fingerprint density at radius 1 is 1.24 bits per heavy atom. The quantitative estimate of drug-likeness (QED) is 0.775. The standard InChI is InChI=1S/C13H13N7O/c1-2-19-8-7-12(16-19)13(21)15-10-3-5-11(6-4-10)20-9-14-17-18-20/h3-9H,2H2,1H3,(H,15,21). The number of hydrogen-bond acceptors (Lipinski definition) is 5. The monoisotopic (exact) mass is 283 g/mol. The van der Waals surface area contributed by atoms with Gasteiger partial charge in [0.05, 0.1) is 5.69 Å². The molecular formula is C13H13N7O. The van der Waals surface area contributed by atoms with Crippen LogP contribution in [0.5, 0.6) is 0 Å². The van der Waals surface area contributed by atoms with Gasteiger partial charge in [-0.05, 0) is 47.7 Å². The van der Waals surface area contributed by atoms with Crippen LogP contribution in [0.15, 0.2) is 42.9 Å². The maximum atomic E-state index is 12.0. The molecule has 8 nitrogen and oxygen atoms in total. The van der Waals surface area contributed by atoms with E-state index in [1.807, 2.05) is 19.1 Å². The van der Waals surface area contributed by atoms with E-state index in [1.54, 1.807) is 29.1 Å². The van der Waals surface area contributed by atoms with Gasteiger partial charge < -0.3 is 5.32 Å². The Labute approximate surface area is 120 Å². The van der Waals surface area contributed by atoms with Crippen LogP contribution < -0.4 is 5.32 Å². The molecule has 0 saturated heterocycles. The number of rotatable bonds is 4. The lowest BCUT2D eigenvalue weighted by atomic mass is 10.2. The van der Waals surface area contributed by atoms with Crippen molar-refractivity contribution in [1.82, 2.24) is 30.0 Å². The molecule has 0 saturated carbocycles. The van der Waals surface area contributed by atoms with Crippen molar-refractivity contribution < 1.29 is 4.79 Å². The van der Waals surface area contributed by atoms with Gasteiger partial charge in [0.2, 0.25) is 0 Å². The van der Waals surface area contributed by atoms with Crippen molar-refractivity contribution in [2.75, 3.05) is 5.32 Å². The van der Waals surface area contributed by atoms with Gasteiger partial charge in [-0.15, -0.1) is 5.10 Å². The number of aromatic nitrogens is 6. The zero-order valence-corrected chi connectivity index (χ0v) is 11.3. The molecule has 3 aromatic rings. The van der Waals surface area contributed by atoms with Crippen molar-refractivity contribution in [3.8, 4) is 5.69 Å². The first-order valence-corrected chi connectivity index (χ1v) is 6.44. The number of carbonyl (C=O) groups is 1. The Morgan fingerprint density at radius 3 is 2.67 bits per heavy atom. The number of amides is 1. The maximum Gasteiger partial charge on any atom is 0.276 e. The van der Waals surface area contributed by atoms with Crippen LogP contribution in [-0.2, 0) is 6.54 Å². The van der Waals surface area contributed by atoms with Crippen molar-refractivity contribution in [2.45, 2.75) is 13.5 Å². The number of nitrogens with one attached hydrogen (secondary N) is 1. The van der Waals surface area contributed by atoms with Crippen LogP contribution in [0, 0.1) is 0 Å². The zero-order valence-electron chi connectivity index (χ0n) is 11.3. The minimum Gasteiger partial charge on any atom is -0.321 e. The molecule has 1 amide bonds. The summed E-state index contributed by atoms with van der Waals surface area (Å²) in [4.78, 5) is 12.0. The van der Waals surface area contributed by atoms with Gasteiger partial charge in [0.1, 0.15) is 6.33 Å². The lowest BCUT2D eigenvalue weighted by Crippen LogP contribution is -2.13. The van der Waals surface area contributed by atoms with Crippen LogP contribution in [0.4, 0.5) is 5.69 Å². The molecule has 0 bridgehead atoms. The summed E-state index contributed by atoms with van der Waals surface area (Å²) in [7, 11) is 0. The number of anilines is 1. The first-order valence-electron chi connectivity index (χ1n) is 6.44. The van der Waals surface area contributed by atoms with E-state index in [0.29, 0.717) is 11.4 Å². The second-order valence-corrected chi connectivity index (χ2v) is 4.31. The molecule has 3 rings (SSSR count). The number of benzene rings is 1. The van der Waals surface area contributed by atoms with Crippen LogP contribution in [0.1, 0.15) is 17.4 Å². The lowest BCUT2D eigenvalue weighted by Gasteiger charge is -2.04. The molecule has 0 fully saturated rings. The molecule has 0 aliphatic heterocycles. The van der Waals surface area contributed by atoms with Gasteiger partial charge in [0, 0.05) is 18.4 Å². The molecule has 2 aromatic heterocycles. The number of carbonyl (C=O) groups excluding carboxylic acids is 1. The molecule has 0 aliphatic rings. The third-order valence-corrected chi connectivity index (χ3v) is 2.94. The Balaban J connectivity index is 1.71. The maximum absolute atomic E-state index is 12.0. The largest absolute Gasteiger partial charge is 0.321 e. The molecule has 2 heterocycles. The second-order valence-electron chi connectivity index (χ2n) is 4.31. The van der Waals surface area contributed by atoms with Crippen LogP contribution in [0.25, 0.3) is 5.69 Å². The third kappa shape index (κ3) is 2.78. The molecule has 1 N–H and O–H groups in total. The third-order valence-electron chi connectivity index (χ3n) is 2.94. The number of tetrazole rings is 1. The molecule has 0 aliphatic carbocycles. The van der Waals surface area contributed by atoms with Gasteiger partial charge in [0.15, 0.2) is 5.69 Å². The van der Waals surface area contributed by atoms with E-state index in [9.17, 15) is 4.79 Å². The highest BCUT2D eigenvalue weighted by atomic mass is 16.1. The van der Waals surface area contributed by atoms with E-state index in [0.717, 1.165) is 12.2 Å². The normalized spacial score (nSPS) is 10.5. The SMILES string of the molecule is CCn1ccc(C(=O)Nc2ccc(-n3cnnn3)cc2)n1. The van der Waals surface area contributed by atoms with Crippen molar-refractivity contribution in [1.29, 1.82) is 0 Å². The van der Waals surface area contributed by atoms with E-state index in [-0.39, 0.29) is 5.91 Å². The molecule has 106 valence electrons. The predicted octanol–water partition coefficient (Wildman–Crippen LogP) is 1.13. The summed E-state index contributed by atoms with van der Waals surface area (Å²) in [6.45, 7) is 2.69. The highest BCUT2D eigenvalue weighted by Gasteiger charge is 2.09. The average Bonchev–Trinajstić information content (AvgIpc) is 3.19. The summed E-state index contributed by atoms with van der Waals surface area (Å²) >= 11 is 0. The van der Waals surface area contributed by atoms with Gasteiger partial charge in [-0.1, -0.05) is 0 Å². The molecule has 0 spiro atoms. The summed E-state index contributed by atoms with van der Waals surface area (Å²) < 4.78 is 3.24. The number of nitrogens with zero attached hydrogens (tertiary/aromatic N) is 6. The smallest absolute Gasteiger partial charge is 0.276 e. The Morgan fingerprint density at radius 2 is 2.05 bits per heavy atom. The summed E-state index contributed by atoms with van der Waals surface area (Å²) in [5, 5.41) is 17.9. The molecule has 1 aromatic carbocycles. The van der Waals surface area contributed by atoms with E-state index in [1.165, 1.54) is 11.0 Å². The number of hydrogen-bond donors (Lipinski definition) is 1. The van der Waals surface area contributed by atoms with Gasteiger partial charge in [0.25, 0.3) is 5.91 Å². The Bertz CT molecular complexity index is 730. The van der Waals surface area contributed by atoms with Gasteiger partial charge >= 0.3 is 0 Å². The zero-order chi connectivity index (χ0) is 14.7. The van der Waals surface area contributed by atoms with Gasteiger partial charge in [-0.3, -0.25) is 9.48 Å². The van der Waals surface area contributed by atoms with E-state index in [4.69, 9.17) is 0 Å². The molecule has 0 radical (unpaired) electrons. The molecule has 8 heteroatoms. The van der Waals surface area contributed by atoms with Crippen LogP contribution in [0.3, 0.4) is 0 Å². The minimum absolute atomic E-state index is 0.239. The van der Waals surface area contributed by atoms with Crippen LogP contribution >= 0.6 is 0 Å². The predicted molar refractivity (Wildman–Crippen MR) is 75.0 cm³/mol. The van der Waals surface area contributed by atoms with E-state index >= 15 is 0 Å². The summed E-state index contributed by atoms with van der Waals surface area (Å²) in [6, 6.07) is 8.89. The molecule has 0 unspecified atom stereocenters. The van der Waals surface area contributed by atoms with Crippen molar-refractivity contribution >= 4 is 11.6 Å². The first-order chi connectivity index (χ1) is 10.3. The van der Waals surface area contributed by atoms with Crippen molar-refractivity contribution in [3.05, 3.63) is 48.5 Å². The highest BCUT2D eigenvalue weighted by molar-refractivity contribution is 6.02. The lowest BCUT2D eigenvalue weighted by molar-refractivity contribution is 0.102. The second kappa shape index (κ2) is 5.53. The van der Waals surface area contributed by atoms with Crippen LogP contribution in [-0.4, -0.2) is 35.9 Å². The van der Waals surface area contributed by atoms with Gasteiger partial charge in [-0.25, -0.2) is 4.68 Å². The highest BCUT2D eigenvalue weighted by Crippen LogP contribution is 2.13. The molecule has 0 atom stereocenters.